The predicted molar refractivity (Wildman–Crippen MR) is 77.9 cm³/mol. The average Bonchev–Trinajstić information content (AvgIpc) is 2.47. The minimum absolute atomic E-state index is 0.00260. The maximum Gasteiger partial charge on any atom is 0.331 e. The molecule has 1 aromatic heterocycles. The number of hydrogen-bond acceptors (Lipinski definition) is 6. The number of rotatable bonds is 5. The summed E-state index contributed by atoms with van der Waals surface area (Å²) in [5.41, 5.74) is -1.24. The fraction of sp³-hybridized carbons (Fsp3) is 0.615. The molecule has 8 nitrogen and oxygen atoms in total. The van der Waals surface area contributed by atoms with Crippen LogP contribution in [0, 0.1) is 0 Å². The number of unbranched alkanes of at least 4 members (excludes halogenated alkanes) is 1. The zero-order valence-corrected chi connectivity index (χ0v) is 12.0. The van der Waals surface area contributed by atoms with Gasteiger partial charge in [0.25, 0.3) is 5.56 Å². The van der Waals surface area contributed by atoms with E-state index in [-0.39, 0.29) is 11.4 Å². The number of aromatic amines is 1. The van der Waals surface area contributed by atoms with Gasteiger partial charge in [-0.1, -0.05) is 13.3 Å². The van der Waals surface area contributed by atoms with Gasteiger partial charge < -0.3 is 9.84 Å². The quantitative estimate of drug-likeness (QED) is 0.727. The fourth-order valence-electron chi connectivity index (χ4n) is 2.02. The Bertz CT molecular complexity index is 614. The molecule has 0 amide bonds. The highest BCUT2D eigenvalue weighted by molar-refractivity contribution is 5.81. The van der Waals surface area contributed by atoms with Crippen LogP contribution in [0.4, 0.5) is 0 Å². The highest BCUT2D eigenvalue weighted by atomic mass is 16.5. The second kappa shape index (κ2) is 7.07. The van der Waals surface area contributed by atoms with Crippen LogP contribution in [0.5, 0.6) is 5.88 Å². The molecule has 2 heterocycles. The van der Waals surface area contributed by atoms with E-state index in [1.54, 1.807) is 5.01 Å². The molecule has 0 spiro atoms. The third kappa shape index (κ3) is 3.72. The van der Waals surface area contributed by atoms with Crippen molar-refractivity contribution in [2.24, 2.45) is 5.10 Å². The Morgan fingerprint density at radius 2 is 2.10 bits per heavy atom. The molecule has 8 heteroatoms. The number of ether oxygens (including phenoxy) is 1. The van der Waals surface area contributed by atoms with Crippen LogP contribution in [0.15, 0.2) is 14.7 Å². The molecule has 0 aromatic carbocycles. The van der Waals surface area contributed by atoms with Crippen LogP contribution in [0.3, 0.4) is 0 Å². The van der Waals surface area contributed by atoms with Gasteiger partial charge in [-0.15, -0.1) is 0 Å². The SMILES string of the molecule is CCCCn1c(O)c(/C=N/N2CCOCC2)c(=O)[nH]c1=O. The molecular weight excluding hydrogens is 276 g/mol. The molecule has 2 N–H and O–H groups in total. The maximum atomic E-state index is 11.8. The van der Waals surface area contributed by atoms with Crippen molar-refractivity contribution >= 4 is 6.21 Å². The molecule has 1 aromatic rings. The molecule has 21 heavy (non-hydrogen) atoms. The van der Waals surface area contributed by atoms with E-state index in [1.807, 2.05) is 6.92 Å². The number of H-pyrrole nitrogens is 1. The number of nitrogens with zero attached hydrogens (tertiary/aromatic N) is 3. The van der Waals surface area contributed by atoms with Crippen molar-refractivity contribution in [3.63, 3.8) is 0 Å². The second-order valence-corrected chi connectivity index (χ2v) is 4.81. The summed E-state index contributed by atoms with van der Waals surface area (Å²) in [4.78, 5) is 25.7. The molecule has 0 aliphatic carbocycles. The zero-order chi connectivity index (χ0) is 15.2. The van der Waals surface area contributed by atoms with Crippen LogP contribution >= 0.6 is 0 Å². The third-order valence-electron chi connectivity index (χ3n) is 3.28. The lowest BCUT2D eigenvalue weighted by Gasteiger charge is -2.23. The first-order chi connectivity index (χ1) is 10.1. The Hall–Kier alpha value is -2.09. The zero-order valence-electron chi connectivity index (χ0n) is 12.0. The first kappa shape index (κ1) is 15.3. The average molecular weight is 296 g/mol. The maximum absolute atomic E-state index is 11.8. The van der Waals surface area contributed by atoms with Gasteiger partial charge in [0, 0.05) is 6.54 Å². The number of aromatic nitrogens is 2. The Morgan fingerprint density at radius 3 is 2.76 bits per heavy atom. The fourth-order valence-corrected chi connectivity index (χ4v) is 2.02. The Balaban J connectivity index is 2.27. The van der Waals surface area contributed by atoms with Crippen molar-refractivity contribution in [3.8, 4) is 5.88 Å². The highest BCUT2D eigenvalue weighted by Gasteiger charge is 2.13. The van der Waals surface area contributed by atoms with Gasteiger partial charge in [-0.3, -0.25) is 19.4 Å². The second-order valence-electron chi connectivity index (χ2n) is 4.81. The summed E-state index contributed by atoms with van der Waals surface area (Å²) in [6, 6.07) is 0. The molecule has 116 valence electrons. The first-order valence-corrected chi connectivity index (χ1v) is 7.06. The molecule has 1 fully saturated rings. The summed E-state index contributed by atoms with van der Waals surface area (Å²) in [7, 11) is 0. The van der Waals surface area contributed by atoms with Gasteiger partial charge in [0.05, 0.1) is 32.5 Å². The lowest BCUT2D eigenvalue weighted by atomic mass is 10.3. The lowest BCUT2D eigenvalue weighted by molar-refractivity contribution is 0.0396. The van der Waals surface area contributed by atoms with Gasteiger partial charge in [-0.25, -0.2) is 4.79 Å². The van der Waals surface area contributed by atoms with Gasteiger partial charge in [0.15, 0.2) is 0 Å². The lowest BCUT2D eigenvalue weighted by Crippen LogP contribution is -2.34. The topological polar surface area (TPSA) is 99.9 Å². The van der Waals surface area contributed by atoms with Gasteiger partial charge in [-0.2, -0.15) is 5.10 Å². The first-order valence-electron chi connectivity index (χ1n) is 7.06. The summed E-state index contributed by atoms with van der Waals surface area (Å²) >= 11 is 0. The molecule has 0 atom stereocenters. The molecule has 1 saturated heterocycles. The smallest absolute Gasteiger partial charge is 0.331 e. The standard InChI is InChI=1S/C13H20N4O4/c1-2-3-4-17-12(19)10(11(18)15-13(17)20)9-14-16-5-7-21-8-6-16/h9,19H,2-8H2,1H3,(H,15,18,20)/b14-9+. The van der Waals surface area contributed by atoms with Crippen LogP contribution in [0.25, 0.3) is 0 Å². The van der Waals surface area contributed by atoms with Gasteiger partial charge in [-0.05, 0) is 6.42 Å². The minimum atomic E-state index is -0.637. The predicted octanol–water partition coefficient (Wildman–Crippen LogP) is -0.292. The van der Waals surface area contributed by atoms with E-state index >= 15 is 0 Å². The van der Waals surface area contributed by atoms with E-state index in [0.717, 1.165) is 17.4 Å². The molecule has 0 radical (unpaired) electrons. The van der Waals surface area contributed by atoms with Crippen molar-refractivity contribution in [2.75, 3.05) is 26.3 Å². The Kier molecular flexibility index (Phi) is 5.15. The van der Waals surface area contributed by atoms with E-state index in [4.69, 9.17) is 4.74 Å². The van der Waals surface area contributed by atoms with Crippen LogP contribution < -0.4 is 11.2 Å². The van der Waals surface area contributed by atoms with Crippen LogP contribution in [0.1, 0.15) is 25.3 Å². The van der Waals surface area contributed by atoms with E-state index in [1.165, 1.54) is 6.21 Å². The summed E-state index contributed by atoms with van der Waals surface area (Å²) in [5, 5.41) is 16.0. The molecule has 1 aliphatic rings. The molecular formula is C13H20N4O4. The number of aromatic hydroxyl groups is 1. The number of nitrogens with one attached hydrogen (secondary N) is 1. The number of hydrogen-bond donors (Lipinski definition) is 2. The van der Waals surface area contributed by atoms with Gasteiger partial charge >= 0.3 is 5.69 Å². The van der Waals surface area contributed by atoms with Crippen LogP contribution in [-0.4, -0.2) is 52.2 Å². The molecule has 2 rings (SSSR count). The van der Waals surface area contributed by atoms with Crippen molar-refractivity contribution in [3.05, 3.63) is 26.4 Å². The molecule has 0 unspecified atom stereocenters. The van der Waals surface area contributed by atoms with E-state index in [0.29, 0.717) is 32.8 Å². The van der Waals surface area contributed by atoms with E-state index < -0.39 is 11.2 Å². The van der Waals surface area contributed by atoms with E-state index in [2.05, 4.69) is 10.1 Å². The number of morpholine rings is 1. The van der Waals surface area contributed by atoms with Crippen molar-refractivity contribution < 1.29 is 9.84 Å². The van der Waals surface area contributed by atoms with Gasteiger partial charge in [0.2, 0.25) is 5.88 Å². The van der Waals surface area contributed by atoms with Crippen LogP contribution in [0.2, 0.25) is 0 Å². The highest BCUT2D eigenvalue weighted by Crippen LogP contribution is 2.09. The van der Waals surface area contributed by atoms with Gasteiger partial charge in [0.1, 0.15) is 5.56 Å². The van der Waals surface area contributed by atoms with E-state index in [9.17, 15) is 14.7 Å². The summed E-state index contributed by atoms with van der Waals surface area (Å²) in [5.74, 6) is -0.339. The summed E-state index contributed by atoms with van der Waals surface area (Å²) < 4.78 is 6.36. The van der Waals surface area contributed by atoms with Crippen molar-refractivity contribution in [1.82, 2.24) is 14.6 Å². The van der Waals surface area contributed by atoms with Crippen molar-refractivity contribution in [2.45, 2.75) is 26.3 Å². The monoisotopic (exact) mass is 296 g/mol. The normalized spacial score (nSPS) is 15.8. The molecule has 0 saturated carbocycles. The number of hydrazone groups is 1. The minimum Gasteiger partial charge on any atom is -0.494 e. The summed E-state index contributed by atoms with van der Waals surface area (Å²) in [6.45, 7) is 4.76. The van der Waals surface area contributed by atoms with Crippen LogP contribution in [-0.2, 0) is 11.3 Å². The third-order valence-corrected chi connectivity index (χ3v) is 3.28. The molecule has 1 aliphatic heterocycles. The Labute approximate surface area is 121 Å². The molecule has 0 bridgehead atoms. The largest absolute Gasteiger partial charge is 0.494 e. The summed E-state index contributed by atoms with van der Waals surface area (Å²) in [6.07, 6.45) is 2.91. The Morgan fingerprint density at radius 1 is 1.38 bits per heavy atom. The van der Waals surface area contributed by atoms with Crippen molar-refractivity contribution in [1.29, 1.82) is 0 Å².